The number of hydrogen-bond acceptors (Lipinski definition) is 1. The van der Waals surface area contributed by atoms with Crippen molar-refractivity contribution >= 4 is 6.29 Å². The molecule has 0 aliphatic rings. The molecule has 6 heteroatoms. The van der Waals surface area contributed by atoms with E-state index in [-0.39, 0.29) is 6.29 Å². The molecule has 0 aromatic heterocycles. The molecule has 0 bridgehead atoms. The quantitative estimate of drug-likeness (QED) is 0.326. The minimum Gasteiger partial charge on any atom is -0.303 e. The highest BCUT2D eigenvalue weighted by Crippen LogP contribution is 2.27. The fraction of sp³-hybridized carbons (Fsp3) is 0.222. The molecule has 0 amide bonds. The van der Waals surface area contributed by atoms with E-state index in [2.05, 4.69) is 0 Å². The Bertz CT molecular complexity index is 386. The van der Waals surface area contributed by atoms with E-state index in [0.29, 0.717) is 0 Å². The van der Waals surface area contributed by atoms with Crippen LogP contribution in [-0.2, 0) is 4.79 Å². The monoisotopic (exact) mass is 224 g/mol. The lowest BCUT2D eigenvalue weighted by molar-refractivity contribution is -0.108. The zero-order valence-electron chi connectivity index (χ0n) is 7.45. The van der Waals surface area contributed by atoms with Gasteiger partial charge in [0.05, 0.1) is 0 Å². The smallest absolute Gasteiger partial charge is 0.200 e. The van der Waals surface area contributed by atoms with E-state index in [4.69, 9.17) is 0 Å². The molecule has 0 aliphatic heterocycles. The van der Waals surface area contributed by atoms with Crippen LogP contribution in [0.5, 0.6) is 0 Å². The minimum absolute atomic E-state index is 0.0955. The molecular formula is C9H5F5O. The van der Waals surface area contributed by atoms with E-state index in [1.165, 1.54) is 0 Å². The number of halogens is 5. The van der Waals surface area contributed by atoms with Crippen molar-refractivity contribution < 1.29 is 26.7 Å². The second kappa shape index (κ2) is 3.96. The normalized spacial score (nSPS) is 12.7. The van der Waals surface area contributed by atoms with Crippen molar-refractivity contribution in [3.63, 3.8) is 0 Å². The van der Waals surface area contributed by atoms with Crippen LogP contribution < -0.4 is 0 Å². The first kappa shape index (κ1) is 11.6. The molecule has 0 N–H and O–H groups in total. The highest BCUT2D eigenvalue weighted by Gasteiger charge is 2.28. The molecule has 0 saturated heterocycles. The first-order valence-electron chi connectivity index (χ1n) is 3.88. The molecule has 82 valence electrons. The summed E-state index contributed by atoms with van der Waals surface area (Å²) in [4.78, 5) is 10.2. The summed E-state index contributed by atoms with van der Waals surface area (Å²) in [6.45, 7) is 1.03. The van der Waals surface area contributed by atoms with Gasteiger partial charge in [-0.1, -0.05) is 6.92 Å². The van der Waals surface area contributed by atoms with Crippen molar-refractivity contribution in [2.45, 2.75) is 12.8 Å². The molecule has 0 saturated carbocycles. The number of aldehydes is 1. The second-order valence-corrected chi connectivity index (χ2v) is 2.91. The molecule has 0 fully saturated rings. The lowest BCUT2D eigenvalue weighted by atomic mass is 10.0. The first-order valence-corrected chi connectivity index (χ1v) is 3.88. The summed E-state index contributed by atoms with van der Waals surface area (Å²) in [5, 5.41) is 0. The third-order valence-electron chi connectivity index (χ3n) is 1.90. The second-order valence-electron chi connectivity index (χ2n) is 2.91. The topological polar surface area (TPSA) is 17.1 Å². The molecule has 0 radical (unpaired) electrons. The maximum absolute atomic E-state index is 13.0. The van der Waals surface area contributed by atoms with Crippen LogP contribution in [0.4, 0.5) is 22.0 Å². The minimum atomic E-state index is -2.23. The molecule has 1 aromatic carbocycles. The fourth-order valence-electron chi connectivity index (χ4n) is 1.09. The van der Waals surface area contributed by atoms with Crippen LogP contribution in [0.15, 0.2) is 0 Å². The summed E-state index contributed by atoms with van der Waals surface area (Å²) in [5.41, 5.74) is -1.11. The van der Waals surface area contributed by atoms with E-state index in [1.807, 2.05) is 0 Å². The zero-order valence-corrected chi connectivity index (χ0v) is 7.45. The maximum atomic E-state index is 13.0. The molecule has 0 aliphatic carbocycles. The molecule has 1 atom stereocenters. The number of hydrogen-bond donors (Lipinski definition) is 0. The van der Waals surface area contributed by atoms with Crippen LogP contribution in [0.3, 0.4) is 0 Å². The summed E-state index contributed by atoms with van der Waals surface area (Å²) < 4.78 is 63.7. The third-order valence-corrected chi connectivity index (χ3v) is 1.90. The lowest BCUT2D eigenvalue weighted by Gasteiger charge is -2.09. The van der Waals surface area contributed by atoms with Gasteiger partial charge in [-0.3, -0.25) is 0 Å². The Hall–Kier alpha value is -1.46. The predicted molar refractivity (Wildman–Crippen MR) is 40.7 cm³/mol. The Morgan fingerprint density at radius 2 is 1.20 bits per heavy atom. The van der Waals surface area contributed by atoms with Crippen molar-refractivity contribution in [2.75, 3.05) is 0 Å². The van der Waals surface area contributed by atoms with Gasteiger partial charge in [0.1, 0.15) is 6.29 Å². The van der Waals surface area contributed by atoms with E-state index >= 15 is 0 Å². The van der Waals surface area contributed by atoms with Gasteiger partial charge in [-0.15, -0.1) is 0 Å². The number of carbonyl (C=O) groups is 1. The SMILES string of the molecule is CC(C=O)c1c(F)c(F)c(F)c(F)c1F. The summed E-state index contributed by atoms with van der Waals surface area (Å²) in [6, 6.07) is 0. The molecule has 15 heavy (non-hydrogen) atoms. The Balaban J connectivity index is 3.59. The van der Waals surface area contributed by atoms with Gasteiger partial charge in [0.25, 0.3) is 0 Å². The van der Waals surface area contributed by atoms with Crippen LogP contribution in [-0.4, -0.2) is 6.29 Å². The summed E-state index contributed by atoms with van der Waals surface area (Å²) in [6.07, 6.45) is 0.0955. The highest BCUT2D eigenvalue weighted by atomic mass is 19.2. The summed E-state index contributed by atoms with van der Waals surface area (Å²) in [5.74, 6) is -11.6. The number of rotatable bonds is 2. The molecular weight excluding hydrogens is 219 g/mol. The van der Waals surface area contributed by atoms with Crippen molar-refractivity contribution in [1.29, 1.82) is 0 Å². The van der Waals surface area contributed by atoms with Gasteiger partial charge in [0.2, 0.25) is 5.82 Å². The van der Waals surface area contributed by atoms with Crippen molar-refractivity contribution in [3.05, 3.63) is 34.6 Å². The van der Waals surface area contributed by atoms with E-state index in [9.17, 15) is 26.7 Å². The average molecular weight is 224 g/mol. The van der Waals surface area contributed by atoms with E-state index < -0.39 is 40.6 Å². The Morgan fingerprint density at radius 1 is 0.867 bits per heavy atom. The average Bonchev–Trinajstić information content (AvgIpc) is 2.23. The van der Waals surface area contributed by atoms with Gasteiger partial charge in [0, 0.05) is 11.5 Å². The van der Waals surface area contributed by atoms with Crippen molar-refractivity contribution in [1.82, 2.24) is 0 Å². The Kier molecular flexibility index (Phi) is 3.06. The van der Waals surface area contributed by atoms with Crippen LogP contribution >= 0.6 is 0 Å². The maximum Gasteiger partial charge on any atom is 0.200 e. The van der Waals surface area contributed by atoms with Crippen LogP contribution in [0.1, 0.15) is 18.4 Å². The van der Waals surface area contributed by atoms with Crippen molar-refractivity contribution in [2.24, 2.45) is 0 Å². The van der Waals surface area contributed by atoms with Gasteiger partial charge in [0.15, 0.2) is 23.3 Å². The number of benzene rings is 1. The van der Waals surface area contributed by atoms with E-state index in [0.717, 1.165) is 6.92 Å². The largest absolute Gasteiger partial charge is 0.303 e. The lowest BCUT2D eigenvalue weighted by Crippen LogP contribution is -2.10. The molecule has 1 unspecified atom stereocenters. The molecule has 0 spiro atoms. The summed E-state index contributed by atoms with van der Waals surface area (Å²) in [7, 11) is 0. The van der Waals surface area contributed by atoms with Crippen LogP contribution in [0.2, 0.25) is 0 Å². The Labute approximate surface area is 81.5 Å². The zero-order chi connectivity index (χ0) is 11.7. The Morgan fingerprint density at radius 3 is 1.53 bits per heavy atom. The van der Waals surface area contributed by atoms with Gasteiger partial charge in [-0.05, 0) is 0 Å². The van der Waals surface area contributed by atoms with Gasteiger partial charge in [-0.2, -0.15) is 0 Å². The predicted octanol–water partition coefficient (Wildman–Crippen LogP) is 2.68. The van der Waals surface area contributed by atoms with Crippen molar-refractivity contribution in [3.8, 4) is 0 Å². The van der Waals surface area contributed by atoms with Crippen LogP contribution in [0, 0.1) is 29.1 Å². The molecule has 1 aromatic rings. The third kappa shape index (κ3) is 1.71. The standard InChI is InChI=1S/C9H5F5O/c1-3(2-15)4-5(10)7(12)9(14)8(13)6(4)11/h2-3H,1H3. The van der Waals surface area contributed by atoms with Crippen LogP contribution in [0.25, 0.3) is 0 Å². The number of carbonyl (C=O) groups excluding carboxylic acids is 1. The first-order chi connectivity index (χ1) is 6.91. The van der Waals surface area contributed by atoms with E-state index in [1.54, 1.807) is 0 Å². The summed E-state index contributed by atoms with van der Waals surface area (Å²) >= 11 is 0. The highest BCUT2D eigenvalue weighted by molar-refractivity contribution is 5.61. The fourth-order valence-corrected chi connectivity index (χ4v) is 1.09. The van der Waals surface area contributed by atoms with Gasteiger partial charge in [-0.25, -0.2) is 22.0 Å². The molecule has 0 heterocycles. The molecule has 1 rings (SSSR count). The van der Waals surface area contributed by atoms with Gasteiger partial charge < -0.3 is 4.79 Å². The van der Waals surface area contributed by atoms with Gasteiger partial charge >= 0.3 is 0 Å². The molecule has 1 nitrogen and oxygen atoms in total.